The van der Waals surface area contributed by atoms with E-state index in [0.717, 1.165) is 41.2 Å². The first-order valence-electron chi connectivity index (χ1n) is 10.00. The van der Waals surface area contributed by atoms with Crippen LogP contribution in [0.3, 0.4) is 0 Å². The molecule has 0 radical (unpaired) electrons. The van der Waals surface area contributed by atoms with Crippen molar-refractivity contribution in [2.45, 2.75) is 37.9 Å². The molecular formula is C24H23ClF2O3. The van der Waals surface area contributed by atoms with E-state index in [0.29, 0.717) is 10.6 Å². The third-order valence-electron chi connectivity index (χ3n) is 5.64. The van der Waals surface area contributed by atoms with Crippen LogP contribution in [0.1, 0.15) is 42.1 Å². The maximum atomic E-state index is 14.2. The molecule has 158 valence electrons. The fraction of sp³-hybridized carbons (Fsp3) is 0.333. The molecule has 1 fully saturated rings. The van der Waals surface area contributed by atoms with E-state index in [4.69, 9.17) is 21.1 Å². The lowest BCUT2D eigenvalue weighted by molar-refractivity contribution is -0.0731. The van der Waals surface area contributed by atoms with Crippen LogP contribution >= 0.6 is 11.6 Å². The molecule has 1 heterocycles. The van der Waals surface area contributed by atoms with Gasteiger partial charge in [-0.1, -0.05) is 41.9 Å². The molecule has 3 aromatic carbocycles. The van der Waals surface area contributed by atoms with E-state index in [1.54, 1.807) is 0 Å². The fourth-order valence-electron chi connectivity index (χ4n) is 4.21. The van der Waals surface area contributed by atoms with Crippen molar-refractivity contribution >= 4 is 22.4 Å². The van der Waals surface area contributed by atoms with Gasteiger partial charge in [0, 0.05) is 5.39 Å². The highest BCUT2D eigenvalue weighted by molar-refractivity contribution is 6.36. The summed E-state index contributed by atoms with van der Waals surface area (Å²) in [7, 11) is 1.23. The van der Waals surface area contributed by atoms with Gasteiger partial charge in [-0.3, -0.25) is 0 Å². The molecule has 4 rings (SSSR count). The van der Waals surface area contributed by atoms with Gasteiger partial charge in [0.05, 0.1) is 30.9 Å². The predicted octanol–water partition coefficient (Wildman–Crippen LogP) is 5.97. The Morgan fingerprint density at radius 1 is 1.10 bits per heavy atom. The Hall–Kier alpha value is -2.21. The van der Waals surface area contributed by atoms with E-state index in [1.807, 2.05) is 30.3 Å². The summed E-state index contributed by atoms with van der Waals surface area (Å²) in [5.41, 5.74) is 2.22. The second-order valence-corrected chi connectivity index (χ2v) is 7.99. The van der Waals surface area contributed by atoms with Gasteiger partial charge in [0.15, 0.2) is 17.4 Å². The number of benzene rings is 3. The van der Waals surface area contributed by atoms with Gasteiger partial charge in [-0.05, 0) is 59.9 Å². The van der Waals surface area contributed by atoms with Crippen molar-refractivity contribution in [3.8, 4) is 5.75 Å². The van der Waals surface area contributed by atoms with E-state index in [-0.39, 0.29) is 25.2 Å². The van der Waals surface area contributed by atoms with E-state index < -0.39 is 17.4 Å². The van der Waals surface area contributed by atoms with Gasteiger partial charge < -0.3 is 14.6 Å². The van der Waals surface area contributed by atoms with Crippen LogP contribution in [0.15, 0.2) is 42.5 Å². The summed E-state index contributed by atoms with van der Waals surface area (Å²) < 4.78 is 39.2. The minimum Gasteiger partial charge on any atom is -0.491 e. The quantitative estimate of drug-likeness (QED) is 0.539. The largest absolute Gasteiger partial charge is 0.491 e. The normalized spacial score (nSPS) is 19.2. The number of aliphatic hydroxyl groups is 1. The number of halogens is 3. The zero-order chi connectivity index (χ0) is 21.3. The SMILES string of the molecule is COc1c(F)cc(Cc2cc(C3CCCC(CO)O3)c3ccccc3c2Cl)cc1F. The Kier molecular flexibility index (Phi) is 6.23. The Bertz CT molecular complexity index is 1050. The summed E-state index contributed by atoms with van der Waals surface area (Å²) in [4.78, 5) is 0. The average molecular weight is 433 g/mol. The summed E-state index contributed by atoms with van der Waals surface area (Å²) in [6.07, 6.45) is 2.54. The molecule has 0 amide bonds. The number of hydrogen-bond acceptors (Lipinski definition) is 3. The van der Waals surface area contributed by atoms with Crippen molar-refractivity contribution in [3.05, 3.63) is 75.8 Å². The molecule has 6 heteroatoms. The van der Waals surface area contributed by atoms with Crippen LogP contribution in [-0.4, -0.2) is 24.9 Å². The zero-order valence-corrected chi connectivity index (χ0v) is 17.4. The van der Waals surface area contributed by atoms with Crippen molar-refractivity contribution in [2.24, 2.45) is 0 Å². The molecule has 0 saturated carbocycles. The van der Waals surface area contributed by atoms with E-state index in [9.17, 15) is 13.9 Å². The molecule has 3 aromatic rings. The van der Waals surface area contributed by atoms with Crippen LogP contribution in [0.4, 0.5) is 8.78 Å². The minimum absolute atomic E-state index is 0.0146. The number of hydrogen-bond donors (Lipinski definition) is 1. The van der Waals surface area contributed by atoms with Crippen LogP contribution in [0.25, 0.3) is 10.8 Å². The van der Waals surface area contributed by atoms with Crippen molar-refractivity contribution < 1.29 is 23.4 Å². The summed E-state index contributed by atoms with van der Waals surface area (Å²) in [5.74, 6) is -1.88. The number of methoxy groups -OCH3 is 1. The first-order chi connectivity index (χ1) is 14.5. The Morgan fingerprint density at radius 3 is 2.47 bits per heavy atom. The molecule has 0 aromatic heterocycles. The molecule has 2 atom stereocenters. The predicted molar refractivity (Wildman–Crippen MR) is 113 cm³/mol. The highest BCUT2D eigenvalue weighted by Crippen LogP contribution is 2.40. The monoisotopic (exact) mass is 432 g/mol. The lowest BCUT2D eigenvalue weighted by atomic mass is 9.91. The van der Waals surface area contributed by atoms with Gasteiger partial charge in [-0.15, -0.1) is 0 Å². The first-order valence-corrected chi connectivity index (χ1v) is 10.4. The molecule has 2 unspecified atom stereocenters. The smallest absolute Gasteiger partial charge is 0.190 e. The average Bonchev–Trinajstić information content (AvgIpc) is 2.75. The minimum atomic E-state index is -0.744. The van der Waals surface area contributed by atoms with Crippen molar-refractivity contribution in [2.75, 3.05) is 13.7 Å². The maximum absolute atomic E-state index is 14.2. The summed E-state index contributed by atoms with van der Waals surface area (Å²) in [6, 6.07) is 12.3. The number of fused-ring (bicyclic) bond motifs is 1. The van der Waals surface area contributed by atoms with Crippen LogP contribution in [0.5, 0.6) is 5.75 Å². The third kappa shape index (κ3) is 4.02. The molecule has 1 N–H and O–H groups in total. The topological polar surface area (TPSA) is 38.7 Å². The molecule has 1 saturated heterocycles. The van der Waals surface area contributed by atoms with Crippen LogP contribution < -0.4 is 4.74 Å². The molecule has 0 aliphatic carbocycles. The van der Waals surface area contributed by atoms with Gasteiger partial charge in [0.1, 0.15) is 0 Å². The van der Waals surface area contributed by atoms with Crippen molar-refractivity contribution in [1.82, 2.24) is 0 Å². The second kappa shape index (κ2) is 8.88. The van der Waals surface area contributed by atoms with E-state index in [1.165, 1.54) is 19.2 Å². The lowest BCUT2D eigenvalue weighted by Crippen LogP contribution is -2.25. The number of rotatable bonds is 5. The molecule has 3 nitrogen and oxygen atoms in total. The molecule has 1 aliphatic rings. The summed E-state index contributed by atoms with van der Waals surface area (Å²) in [6.45, 7) is -0.0146. The number of aliphatic hydroxyl groups excluding tert-OH is 1. The maximum Gasteiger partial charge on any atom is 0.190 e. The Morgan fingerprint density at radius 2 is 1.80 bits per heavy atom. The standard InChI is InChI=1S/C24H23ClF2O3/c1-29-24-20(26)10-14(11-21(24)27)9-15-12-19(22-8-4-5-16(13-28)30-22)17-6-2-3-7-18(17)23(15)25/h2-3,6-7,10-12,16,22,28H,4-5,8-9,13H2,1H3. The Balaban J connectivity index is 1.78. The van der Waals surface area contributed by atoms with Gasteiger partial charge in [0.25, 0.3) is 0 Å². The van der Waals surface area contributed by atoms with Crippen LogP contribution in [0.2, 0.25) is 5.02 Å². The first kappa shape index (κ1) is 21.0. The van der Waals surface area contributed by atoms with Gasteiger partial charge >= 0.3 is 0 Å². The van der Waals surface area contributed by atoms with Gasteiger partial charge in [0.2, 0.25) is 0 Å². The third-order valence-corrected chi connectivity index (χ3v) is 6.09. The molecule has 1 aliphatic heterocycles. The Labute approximate surface area is 179 Å². The summed E-state index contributed by atoms with van der Waals surface area (Å²) in [5, 5.41) is 11.9. The number of ether oxygens (including phenoxy) is 2. The van der Waals surface area contributed by atoms with Gasteiger partial charge in [-0.25, -0.2) is 8.78 Å². The van der Waals surface area contributed by atoms with E-state index in [2.05, 4.69) is 0 Å². The molecular weight excluding hydrogens is 410 g/mol. The van der Waals surface area contributed by atoms with E-state index >= 15 is 0 Å². The summed E-state index contributed by atoms with van der Waals surface area (Å²) >= 11 is 6.70. The van der Waals surface area contributed by atoms with Crippen LogP contribution in [0, 0.1) is 11.6 Å². The molecule has 0 spiro atoms. The highest BCUT2D eigenvalue weighted by atomic mass is 35.5. The second-order valence-electron chi connectivity index (χ2n) is 7.61. The zero-order valence-electron chi connectivity index (χ0n) is 16.6. The van der Waals surface area contributed by atoms with Gasteiger partial charge in [-0.2, -0.15) is 0 Å². The highest BCUT2D eigenvalue weighted by Gasteiger charge is 2.26. The lowest BCUT2D eigenvalue weighted by Gasteiger charge is -2.30. The fourth-order valence-corrected chi connectivity index (χ4v) is 4.50. The molecule has 30 heavy (non-hydrogen) atoms. The molecule has 0 bridgehead atoms. The van der Waals surface area contributed by atoms with Crippen LogP contribution in [-0.2, 0) is 11.2 Å². The van der Waals surface area contributed by atoms with Crippen molar-refractivity contribution in [3.63, 3.8) is 0 Å². The van der Waals surface area contributed by atoms with Crippen molar-refractivity contribution in [1.29, 1.82) is 0 Å².